The molecule has 0 aliphatic heterocycles. The smallest absolute Gasteiger partial charge is 0.0701 e. The second-order valence-electron chi connectivity index (χ2n) is 16.9. The van der Waals surface area contributed by atoms with Gasteiger partial charge in [-0.05, 0) is 102 Å². The van der Waals surface area contributed by atoms with Crippen LogP contribution in [0.4, 0.5) is 0 Å². The average Bonchev–Trinajstić information content (AvgIpc) is 3.33. The molecule has 0 saturated heterocycles. The Labute approximate surface area is 239 Å². The Bertz CT molecular complexity index is 1530. The molecular formula is C38H52Si. The van der Waals surface area contributed by atoms with E-state index >= 15 is 0 Å². The molecule has 0 bridgehead atoms. The highest BCUT2D eigenvalue weighted by Gasteiger charge is 2.43. The van der Waals surface area contributed by atoms with Gasteiger partial charge < -0.3 is 0 Å². The van der Waals surface area contributed by atoms with E-state index in [4.69, 9.17) is 0 Å². The molecule has 6 rings (SSSR count). The average molecular weight is 537 g/mol. The third kappa shape index (κ3) is 3.88. The van der Waals surface area contributed by atoms with E-state index in [1.165, 1.54) is 36.1 Å². The van der Waals surface area contributed by atoms with Crippen molar-refractivity contribution in [2.75, 3.05) is 0 Å². The van der Waals surface area contributed by atoms with Crippen LogP contribution in [0.15, 0.2) is 24.3 Å². The van der Waals surface area contributed by atoms with E-state index < -0.39 is 8.07 Å². The zero-order valence-corrected chi connectivity index (χ0v) is 27.9. The lowest BCUT2D eigenvalue weighted by Crippen LogP contribution is -2.45. The predicted octanol–water partition coefficient (Wildman–Crippen LogP) is 7.03. The van der Waals surface area contributed by atoms with Gasteiger partial charge in [0.2, 0.25) is 0 Å². The van der Waals surface area contributed by atoms with Crippen LogP contribution in [0, 0.1) is 11.8 Å². The Morgan fingerprint density at radius 2 is 0.795 bits per heavy atom. The Morgan fingerprint density at radius 1 is 0.513 bits per heavy atom. The molecule has 4 aliphatic rings. The highest BCUT2D eigenvalue weighted by Crippen LogP contribution is 2.47. The number of benzene rings is 2. The molecule has 0 fully saturated rings. The second-order valence-corrected chi connectivity index (χ2v) is 21.2. The number of rotatable bonds is 2. The highest BCUT2D eigenvalue weighted by molar-refractivity contribution is 7.06. The third-order valence-corrected chi connectivity index (χ3v) is 15.9. The quantitative estimate of drug-likeness (QED) is 0.361. The maximum atomic E-state index is 2.67. The van der Waals surface area contributed by atoms with Crippen LogP contribution in [0.25, 0.3) is 22.5 Å². The van der Waals surface area contributed by atoms with Crippen molar-refractivity contribution < 1.29 is 0 Å². The van der Waals surface area contributed by atoms with Gasteiger partial charge in [-0.3, -0.25) is 0 Å². The van der Waals surface area contributed by atoms with Gasteiger partial charge in [-0.2, -0.15) is 0 Å². The molecule has 0 radical (unpaired) electrons. The second kappa shape index (κ2) is 8.12. The summed E-state index contributed by atoms with van der Waals surface area (Å²) in [6.45, 7) is 30.0. The van der Waals surface area contributed by atoms with Crippen LogP contribution >= 0.6 is 0 Å². The van der Waals surface area contributed by atoms with Crippen LogP contribution in [0.5, 0.6) is 0 Å². The van der Waals surface area contributed by atoms with E-state index in [0.717, 1.165) is 0 Å². The summed E-state index contributed by atoms with van der Waals surface area (Å²) in [7, 11) is -1.95. The molecular weight excluding hydrogens is 485 g/mol. The molecule has 0 heterocycles. The summed E-state index contributed by atoms with van der Waals surface area (Å²) >= 11 is 0. The number of hydrogen-bond donors (Lipinski definition) is 0. The van der Waals surface area contributed by atoms with Gasteiger partial charge >= 0.3 is 0 Å². The first-order valence-corrected chi connectivity index (χ1v) is 18.7. The Balaban J connectivity index is 1.64. The van der Waals surface area contributed by atoms with Crippen LogP contribution in [0.3, 0.4) is 0 Å². The first-order chi connectivity index (χ1) is 17.9. The van der Waals surface area contributed by atoms with Gasteiger partial charge in [0.25, 0.3) is 0 Å². The molecule has 0 aromatic heterocycles. The molecule has 1 heteroatoms. The summed E-state index contributed by atoms with van der Waals surface area (Å²) in [6.07, 6.45) is 10.3. The molecule has 2 atom stereocenters. The summed E-state index contributed by atoms with van der Waals surface area (Å²) in [5.74, 6) is 1.02. The standard InChI is InChI=1S/C38H52Si/c1-23-17-25-19-29-31(37(7,8)15-13-35(29,3)4)21-27(25)33(23)39(11,12)34-24(2)18-26-20-30-32(22-28(26)34)38(9,10)16-14-36(30,5)6/h17-24H,13-16H2,1-12H3. The molecule has 0 amide bonds. The monoisotopic (exact) mass is 536 g/mol. The van der Waals surface area contributed by atoms with Crippen LogP contribution in [-0.4, -0.2) is 8.07 Å². The van der Waals surface area contributed by atoms with E-state index in [-0.39, 0.29) is 21.7 Å². The number of hydrogen-bond acceptors (Lipinski definition) is 0. The van der Waals surface area contributed by atoms with Crippen LogP contribution in [0.1, 0.15) is 117 Å². The molecule has 2 aromatic rings. The highest BCUT2D eigenvalue weighted by atomic mass is 28.3. The summed E-state index contributed by atoms with van der Waals surface area (Å²) < 4.78 is 0. The summed E-state index contributed by atoms with van der Waals surface area (Å²) in [4.78, 5) is 0. The topological polar surface area (TPSA) is 0 Å². The minimum Gasteiger partial charge on any atom is -0.0701 e. The minimum atomic E-state index is -1.95. The molecule has 4 aliphatic carbocycles. The van der Waals surface area contributed by atoms with Crippen molar-refractivity contribution in [3.05, 3.63) is 67.4 Å². The van der Waals surface area contributed by atoms with Gasteiger partial charge in [-0.1, -0.05) is 129 Å². The van der Waals surface area contributed by atoms with E-state index in [9.17, 15) is 0 Å². The molecule has 2 aromatic carbocycles. The van der Waals surface area contributed by atoms with E-state index in [1.54, 1.807) is 43.1 Å². The van der Waals surface area contributed by atoms with Crippen molar-refractivity contribution >= 4 is 30.6 Å². The van der Waals surface area contributed by atoms with Crippen LogP contribution < -0.4 is 20.9 Å². The van der Waals surface area contributed by atoms with E-state index in [2.05, 4.69) is 119 Å². The third-order valence-electron chi connectivity index (χ3n) is 11.7. The first-order valence-electron chi connectivity index (χ1n) is 15.7. The van der Waals surface area contributed by atoms with Gasteiger partial charge in [-0.25, -0.2) is 0 Å². The van der Waals surface area contributed by atoms with Crippen LogP contribution in [0.2, 0.25) is 13.1 Å². The molecule has 0 saturated carbocycles. The lowest BCUT2D eigenvalue weighted by Gasteiger charge is -2.42. The fourth-order valence-corrected chi connectivity index (χ4v) is 13.7. The van der Waals surface area contributed by atoms with Gasteiger partial charge in [0.15, 0.2) is 0 Å². The van der Waals surface area contributed by atoms with Crippen molar-refractivity contribution in [3.63, 3.8) is 0 Å². The van der Waals surface area contributed by atoms with E-state index in [1.807, 2.05) is 0 Å². The zero-order valence-electron chi connectivity index (χ0n) is 26.9. The van der Waals surface area contributed by atoms with E-state index in [0.29, 0.717) is 11.8 Å². The summed E-state index contributed by atoms with van der Waals surface area (Å²) in [6, 6.07) is 10.5. The lowest BCUT2D eigenvalue weighted by atomic mass is 9.63. The summed E-state index contributed by atoms with van der Waals surface area (Å²) in [5, 5.41) is 9.70. The Morgan fingerprint density at radius 3 is 1.10 bits per heavy atom. The largest absolute Gasteiger partial charge is 0.106 e. The molecule has 0 nitrogen and oxygen atoms in total. The van der Waals surface area contributed by atoms with Gasteiger partial charge in [0, 0.05) is 0 Å². The van der Waals surface area contributed by atoms with Crippen molar-refractivity contribution in [3.8, 4) is 0 Å². The van der Waals surface area contributed by atoms with Gasteiger partial charge in [0.1, 0.15) is 8.07 Å². The maximum Gasteiger partial charge on any atom is 0.106 e. The number of fused-ring (bicyclic) bond motifs is 4. The molecule has 2 unspecified atom stereocenters. The minimum absolute atomic E-state index is 0.244. The van der Waals surface area contributed by atoms with Gasteiger partial charge in [-0.15, -0.1) is 0 Å². The van der Waals surface area contributed by atoms with Crippen molar-refractivity contribution in [2.45, 2.75) is 130 Å². The SMILES string of the molecule is CC1C=c2cc3c(cc2=C1[Si](C)(C)C1=c2cc4c(cc2=CC1C)C(C)(C)CCC4(C)C)C(C)(C)CCC3(C)C. The Kier molecular flexibility index (Phi) is 5.68. The van der Waals surface area contributed by atoms with Crippen molar-refractivity contribution in [2.24, 2.45) is 11.8 Å². The fraction of sp³-hybridized carbons (Fsp3) is 0.579. The maximum absolute atomic E-state index is 2.67. The fourth-order valence-electron chi connectivity index (χ4n) is 9.16. The van der Waals surface area contributed by atoms with Crippen molar-refractivity contribution in [1.82, 2.24) is 0 Å². The molecule has 0 N–H and O–H groups in total. The zero-order chi connectivity index (χ0) is 28.5. The molecule has 208 valence electrons. The predicted molar refractivity (Wildman–Crippen MR) is 174 cm³/mol. The first kappa shape index (κ1) is 27.3. The van der Waals surface area contributed by atoms with Crippen molar-refractivity contribution in [1.29, 1.82) is 0 Å². The van der Waals surface area contributed by atoms with Gasteiger partial charge in [0.05, 0.1) is 0 Å². The lowest BCUT2D eigenvalue weighted by molar-refractivity contribution is 0.331. The van der Waals surface area contributed by atoms with Crippen LogP contribution in [-0.2, 0) is 21.7 Å². The molecule has 0 spiro atoms. The summed E-state index contributed by atoms with van der Waals surface area (Å²) in [5.41, 5.74) is 7.41. The molecule has 39 heavy (non-hydrogen) atoms. The Hall–Kier alpha value is -1.86. The normalized spacial score (nSPS) is 27.2.